The Balaban J connectivity index is 2.12. The van der Waals surface area contributed by atoms with Crippen LogP contribution in [0.1, 0.15) is 11.1 Å². The standard InChI is InChI=1S/C14H10Br2ClFO/c15-7-9-4-5-13(11(16)6-9)19-8-10-2-1-3-12(18)14(10)17/h1-6H,7-8H2. The van der Waals surface area contributed by atoms with Gasteiger partial charge < -0.3 is 4.74 Å². The van der Waals surface area contributed by atoms with Gasteiger partial charge in [0.1, 0.15) is 18.2 Å². The van der Waals surface area contributed by atoms with E-state index in [4.69, 9.17) is 16.3 Å². The van der Waals surface area contributed by atoms with E-state index in [1.165, 1.54) is 6.07 Å². The van der Waals surface area contributed by atoms with Crippen molar-refractivity contribution >= 4 is 43.5 Å². The molecule has 5 heteroatoms. The van der Waals surface area contributed by atoms with Crippen LogP contribution in [0.4, 0.5) is 4.39 Å². The van der Waals surface area contributed by atoms with E-state index in [1.54, 1.807) is 12.1 Å². The lowest BCUT2D eigenvalue weighted by Gasteiger charge is -2.10. The van der Waals surface area contributed by atoms with Crippen LogP contribution in [-0.4, -0.2) is 0 Å². The largest absolute Gasteiger partial charge is 0.488 e. The summed E-state index contributed by atoms with van der Waals surface area (Å²) in [5, 5.41) is 0.887. The van der Waals surface area contributed by atoms with Gasteiger partial charge in [-0.25, -0.2) is 4.39 Å². The van der Waals surface area contributed by atoms with Crippen molar-refractivity contribution < 1.29 is 9.13 Å². The van der Waals surface area contributed by atoms with Crippen LogP contribution in [0, 0.1) is 5.82 Å². The predicted octanol–water partition coefficient (Wildman–Crippen LogP) is 5.72. The van der Waals surface area contributed by atoms with Gasteiger partial charge in [0.05, 0.1) is 9.50 Å². The van der Waals surface area contributed by atoms with Crippen LogP contribution in [-0.2, 0) is 11.9 Å². The second kappa shape index (κ2) is 6.73. The van der Waals surface area contributed by atoms with E-state index < -0.39 is 5.82 Å². The van der Waals surface area contributed by atoms with Crippen molar-refractivity contribution in [3.63, 3.8) is 0 Å². The zero-order valence-electron chi connectivity index (χ0n) is 9.80. The van der Waals surface area contributed by atoms with Gasteiger partial charge in [-0.3, -0.25) is 0 Å². The second-order valence-electron chi connectivity index (χ2n) is 3.90. The highest BCUT2D eigenvalue weighted by Crippen LogP contribution is 2.28. The Morgan fingerprint density at radius 3 is 2.68 bits per heavy atom. The number of rotatable bonds is 4. The van der Waals surface area contributed by atoms with Crippen LogP contribution >= 0.6 is 43.5 Å². The molecule has 0 aromatic heterocycles. The Hall–Kier alpha value is -0.580. The third-order valence-corrected chi connectivity index (χ3v) is 4.26. The summed E-state index contributed by atoms with van der Waals surface area (Å²) in [6.45, 7) is 0.225. The predicted molar refractivity (Wildman–Crippen MR) is 82.5 cm³/mol. The van der Waals surface area contributed by atoms with Gasteiger partial charge in [-0.05, 0) is 39.7 Å². The van der Waals surface area contributed by atoms with Gasteiger partial charge in [-0.2, -0.15) is 0 Å². The normalized spacial score (nSPS) is 10.5. The molecule has 19 heavy (non-hydrogen) atoms. The van der Waals surface area contributed by atoms with Crippen molar-refractivity contribution in [3.05, 3.63) is 62.8 Å². The number of hydrogen-bond donors (Lipinski definition) is 0. The third-order valence-electron chi connectivity index (χ3n) is 2.57. The van der Waals surface area contributed by atoms with Crippen LogP contribution in [0.5, 0.6) is 5.75 Å². The highest BCUT2D eigenvalue weighted by molar-refractivity contribution is 9.10. The molecular weight excluding hydrogens is 398 g/mol. The molecule has 0 fully saturated rings. The summed E-state index contributed by atoms with van der Waals surface area (Å²) in [5.41, 5.74) is 1.76. The Labute approximate surface area is 133 Å². The molecule has 0 unspecified atom stereocenters. The summed E-state index contributed by atoms with van der Waals surface area (Å²) >= 11 is 12.7. The number of benzene rings is 2. The summed E-state index contributed by atoms with van der Waals surface area (Å²) < 4.78 is 19.8. The second-order valence-corrected chi connectivity index (χ2v) is 5.69. The van der Waals surface area contributed by atoms with Gasteiger partial charge in [-0.1, -0.05) is 45.7 Å². The van der Waals surface area contributed by atoms with Gasteiger partial charge in [0.15, 0.2) is 0 Å². The minimum Gasteiger partial charge on any atom is -0.488 e. The molecule has 0 heterocycles. The molecule has 0 aliphatic rings. The summed E-state index contributed by atoms with van der Waals surface area (Å²) in [7, 11) is 0. The maximum atomic E-state index is 13.3. The summed E-state index contributed by atoms with van der Waals surface area (Å²) in [5.74, 6) is 0.265. The zero-order valence-corrected chi connectivity index (χ0v) is 13.7. The lowest BCUT2D eigenvalue weighted by molar-refractivity contribution is 0.303. The lowest BCUT2D eigenvalue weighted by Crippen LogP contribution is -1.98. The van der Waals surface area contributed by atoms with Crippen LogP contribution < -0.4 is 4.74 Å². The van der Waals surface area contributed by atoms with E-state index in [0.717, 1.165) is 15.4 Å². The Morgan fingerprint density at radius 1 is 1.21 bits per heavy atom. The van der Waals surface area contributed by atoms with Gasteiger partial charge in [0.2, 0.25) is 0 Å². The highest BCUT2D eigenvalue weighted by atomic mass is 79.9. The molecule has 0 amide bonds. The fraction of sp³-hybridized carbons (Fsp3) is 0.143. The minimum absolute atomic E-state index is 0.107. The van der Waals surface area contributed by atoms with Gasteiger partial charge >= 0.3 is 0 Å². The smallest absolute Gasteiger partial charge is 0.142 e. The molecule has 0 atom stereocenters. The highest BCUT2D eigenvalue weighted by Gasteiger charge is 2.08. The zero-order chi connectivity index (χ0) is 13.8. The quantitative estimate of drug-likeness (QED) is 0.589. The SMILES string of the molecule is Fc1cccc(COc2ccc(CBr)cc2Br)c1Cl. The maximum Gasteiger partial charge on any atom is 0.142 e. The third kappa shape index (κ3) is 3.71. The first-order valence-electron chi connectivity index (χ1n) is 5.52. The molecule has 0 aliphatic carbocycles. The van der Waals surface area contributed by atoms with Crippen LogP contribution in [0.2, 0.25) is 5.02 Å². The van der Waals surface area contributed by atoms with Crippen molar-refractivity contribution in [1.82, 2.24) is 0 Å². The van der Waals surface area contributed by atoms with E-state index in [0.29, 0.717) is 11.3 Å². The molecule has 0 bridgehead atoms. The number of ether oxygens (including phenoxy) is 1. The topological polar surface area (TPSA) is 9.23 Å². The summed E-state index contributed by atoms with van der Waals surface area (Å²) in [4.78, 5) is 0. The van der Waals surface area contributed by atoms with E-state index in [9.17, 15) is 4.39 Å². The van der Waals surface area contributed by atoms with Gasteiger partial charge in [0.25, 0.3) is 0 Å². The molecule has 1 nitrogen and oxygen atoms in total. The Morgan fingerprint density at radius 2 is 2.00 bits per heavy atom. The monoisotopic (exact) mass is 406 g/mol. The van der Waals surface area contributed by atoms with E-state index in [2.05, 4.69) is 31.9 Å². The van der Waals surface area contributed by atoms with E-state index in [-0.39, 0.29) is 11.6 Å². The molecule has 0 aliphatic heterocycles. The minimum atomic E-state index is -0.434. The van der Waals surface area contributed by atoms with Crippen LogP contribution in [0.3, 0.4) is 0 Å². The molecule has 0 saturated carbocycles. The first kappa shape index (κ1) is 14.8. The lowest BCUT2D eigenvalue weighted by atomic mass is 10.2. The fourth-order valence-corrected chi connectivity index (χ4v) is 2.63. The van der Waals surface area contributed by atoms with Crippen molar-refractivity contribution in [1.29, 1.82) is 0 Å². The van der Waals surface area contributed by atoms with Crippen molar-refractivity contribution in [2.45, 2.75) is 11.9 Å². The van der Waals surface area contributed by atoms with Crippen LogP contribution in [0.25, 0.3) is 0 Å². The Bertz CT molecular complexity index is 590. The molecule has 0 N–H and O–H groups in total. The molecule has 2 rings (SSSR count). The van der Waals surface area contributed by atoms with Gasteiger partial charge in [0, 0.05) is 10.9 Å². The molecule has 0 saturated heterocycles. The maximum absolute atomic E-state index is 13.3. The number of alkyl halides is 1. The molecule has 0 spiro atoms. The van der Waals surface area contributed by atoms with Gasteiger partial charge in [-0.15, -0.1) is 0 Å². The summed E-state index contributed by atoms with van der Waals surface area (Å²) in [6.07, 6.45) is 0. The Kier molecular flexibility index (Phi) is 5.25. The first-order chi connectivity index (χ1) is 9.11. The van der Waals surface area contributed by atoms with Crippen molar-refractivity contribution in [2.75, 3.05) is 0 Å². The van der Waals surface area contributed by atoms with Crippen molar-refractivity contribution in [2.24, 2.45) is 0 Å². The molecule has 2 aromatic carbocycles. The number of hydrogen-bond acceptors (Lipinski definition) is 1. The average Bonchev–Trinajstić information content (AvgIpc) is 2.41. The fourth-order valence-electron chi connectivity index (χ4n) is 1.56. The average molecular weight is 408 g/mol. The first-order valence-corrected chi connectivity index (χ1v) is 7.81. The molecular formula is C14H10Br2ClFO. The molecule has 0 radical (unpaired) electrons. The molecule has 100 valence electrons. The van der Waals surface area contributed by atoms with Crippen LogP contribution in [0.15, 0.2) is 40.9 Å². The summed E-state index contributed by atoms with van der Waals surface area (Å²) in [6, 6.07) is 10.5. The molecule has 2 aromatic rings. The van der Waals surface area contributed by atoms with Crippen molar-refractivity contribution in [3.8, 4) is 5.75 Å². The number of halogens is 4. The van der Waals surface area contributed by atoms with E-state index in [1.807, 2.05) is 18.2 Å². The van der Waals surface area contributed by atoms with E-state index >= 15 is 0 Å².